The van der Waals surface area contributed by atoms with Crippen LogP contribution in [-0.4, -0.2) is 23.0 Å². The first kappa shape index (κ1) is 15.4. The minimum atomic E-state index is -0.356. The van der Waals surface area contributed by atoms with Gasteiger partial charge in [0, 0.05) is 12.7 Å². The van der Waals surface area contributed by atoms with E-state index >= 15 is 0 Å². The third kappa shape index (κ3) is 6.08. The summed E-state index contributed by atoms with van der Waals surface area (Å²) in [5.41, 5.74) is 0.986. The van der Waals surface area contributed by atoms with Gasteiger partial charge in [-0.15, -0.1) is 12.4 Å². The fourth-order valence-electron chi connectivity index (χ4n) is 1.43. The first-order chi connectivity index (χ1) is 7.36. The molecule has 0 aliphatic rings. The Labute approximate surface area is 103 Å². The van der Waals surface area contributed by atoms with Crippen molar-refractivity contribution in [2.45, 2.75) is 39.3 Å². The Hall–Kier alpha value is -0.610. The van der Waals surface area contributed by atoms with E-state index in [1.54, 1.807) is 4.68 Å². The summed E-state index contributed by atoms with van der Waals surface area (Å²) in [5.74, 6) is 0. The van der Waals surface area contributed by atoms with Crippen molar-refractivity contribution in [1.29, 1.82) is 0 Å². The van der Waals surface area contributed by atoms with Gasteiger partial charge in [-0.1, -0.05) is 19.8 Å². The Balaban J connectivity index is 0.00000225. The number of halogens is 2. The smallest absolute Gasteiger partial charge is 0.109 e. The molecular formula is C11H21ClFN3. The van der Waals surface area contributed by atoms with Gasteiger partial charge >= 0.3 is 0 Å². The van der Waals surface area contributed by atoms with Crippen LogP contribution in [0.2, 0.25) is 0 Å². The first-order valence-electron chi connectivity index (χ1n) is 5.66. The SMILES string of the molecule is CCCCCNCc1ccn(CCF)n1.Cl. The summed E-state index contributed by atoms with van der Waals surface area (Å²) >= 11 is 0. The van der Waals surface area contributed by atoms with Gasteiger partial charge in [0.25, 0.3) is 0 Å². The lowest BCUT2D eigenvalue weighted by Gasteiger charge is -2.01. The van der Waals surface area contributed by atoms with Crippen molar-refractivity contribution >= 4 is 12.4 Å². The maximum Gasteiger partial charge on any atom is 0.109 e. The lowest BCUT2D eigenvalue weighted by Crippen LogP contribution is -2.15. The fraction of sp³-hybridized carbons (Fsp3) is 0.727. The Morgan fingerprint density at radius 3 is 2.94 bits per heavy atom. The van der Waals surface area contributed by atoms with Gasteiger partial charge < -0.3 is 5.32 Å². The van der Waals surface area contributed by atoms with Crippen molar-refractivity contribution in [2.24, 2.45) is 0 Å². The Morgan fingerprint density at radius 1 is 1.44 bits per heavy atom. The quantitative estimate of drug-likeness (QED) is 0.718. The highest BCUT2D eigenvalue weighted by Crippen LogP contribution is 1.96. The molecule has 0 unspecified atom stereocenters. The molecule has 1 aromatic rings. The number of hydrogen-bond acceptors (Lipinski definition) is 2. The molecule has 0 atom stereocenters. The van der Waals surface area contributed by atoms with Crippen LogP contribution in [0.1, 0.15) is 31.9 Å². The number of unbranched alkanes of at least 4 members (excludes halogenated alkanes) is 2. The molecule has 0 aliphatic heterocycles. The summed E-state index contributed by atoms with van der Waals surface area (Å²) in [6.07, 6.45) is 5.54. The number of alkyl halides is 1. The second kappa shape index (κ2) is 9.60. The molecule has 3 nitrogen and oxygen atoms in total. The van der Waals surface area contributed by atoms with E-state index in [-0.39, 0.29) is 19.1 Å². The minimum absolute atomic E-state index is 0. The summed E-state index contributed by atoms with van der Waals surface area (Å²) in [6.45, 7) is 4.01. The van der Waals surface area contributed by atoms with Crippen molar-refractivity contribution in [1.82, 2.24) is 15.1 Å². The molecule has 1 N–H and O–H groups in total. The van der Waals surface area contributed by atoms with Gasteiger partial charge in [-0.3, -0.25) is 4.68 Å². The molecule has 1 aromatic heterocycles. The second-order valence-electron chi connectivity index (χ2n) is 3.64. The van der Waals surface area contributed by atoms with Crippen LogP contribution in [0.4, 0.5) is 4.39 Å². The molecule has 16 heavy (non-hydrogen) atoms. The van der Waals surface area contributed by atoms with E-state index in [0.717, 1.165) is 18.8 Å². The number of rotatable bonds is 8. The third-order valence-electron chi connectivity index (χ3n) is 2.27. The molecule has 0 saturated heterocycles. The lowest BCUT2D eigenvalue weighted by atomic mass is 10.2. The van der Waals surface area contributed by atoms with Gasteiger partial charge in [0.15, 0.2) is 0 Å². The van der Waals surface area contributed by atoms with Crippen LogP contribution >= 0.6 is 12.4 Å². The molecule has 0 fully saturated rings. The highest BCUT2D eigenvalue weighted by atomic mass is 35.5. The molecule has 0 saturated carbocycles. The molecule has 0 bridgehead atoms. The molecular weight excluding hydrogens is 229 g/mol. The average molecular weight is 250 g/mol. The average Bonchev–Trinajstić information content (AvgIpc) is 2.66. The van der Waals surface area contributed by atoms with Crippen LogP contribution in [0.5, 0.6) is 0 Å². The van der Waals surface area contributed by atoms with E-state index in [4.69, 9.17) is 0 Å². The Bertz CT molecular complexity index is 265. The zero-order valence-corrected chi connectivity index (χ0v) is 10.6. The van der Waals surface area contributed by atoms with Crippen LogP contribution in [0.3, 0.4) is 0 Å². The van der Waals surface area contributed by atoms with Crippen LogP contribution in [0, 0.1) is 0 Å². The van der Waals surface area contributed by atoms with E-state index in [0.29, 0.717) is 6.54 Å². The molecule has 0 spiro atoms. The number of aryl methyl sites for hydroxylation is 1. The predicted molar refractivity (Wildman–Crippen MR) is 66.7 cm³/mol. The molecule has 0 aromatic carbocycles. The highest BCUT2D eigenvalue weighted by molar-refractivity contribution is 5.85. The van der Waals surface area contributed by atoms with Crippen LogP contribution in [0.25, 0.3) is 0 Å². The lowest BCUT2D eigenvalue weighted by molar-refractivity contribution is 0.425. The molecule has 1 heterocycles. The van der Waals surface area contributed by atoms with Crippen molar-refractivity contribution in [3.63, 3.8) is 0 Å². The minimum Gasteiger partial charge on any atom is -0.311 e. The first-order valence-corrected chi connectivity index (χ1v) is 5.66. The highest BCUT2D eigenvalue weighted by Gasteiger charge is 1.97. The number of nitrogens with one attached hydrogen (secondary N) is 1. The summed E-state index contributed by atoms with van der Waals surface area (Å²) in [7, 11) is 0. The molecule has 1 rings (SSSR count). The Kier molecular flexibility index (Phi) is 9.24. The van der Waals surface area contributed by atoms with Gasteiger partial charge in [-0.05, 0) is 19.0 Å². The molecule has 0 aliphatic carbocycles. The van der Waals surface area contributed by atoms with Crippen LogP contribution in [-0.2, 0) is 13.1 Å². The number of aromatic nitrogens is 2. The molecule has 94 valence electrons. The van der Waals surface area contributed by atoms with E-state index < -0.39 is 0 Å². The summed E-state index contributed by atoms with van der Waals surface area (Å²) in [4.78, 5) is 0. The largest absolute Gasteiger partial charge is 0.311 e. The van der Waals surface area contributed by atoms with Gasteiger partial charge in [0.1, 0.15) is 6.67 Å². The standard InChI is InChI=1S/C11H20FN3.ClH/c1-2-3-4-7-13-10-11-5-8-15(14-11)9-6-12;/h5,8,13H,2-4,6-7,9-10H2,1H3;1H. The van der Waals surface area contributed by atoms with E-state index in [2.05, 4.69) is 17.3 Å². The van der Waals surface area contributed by atoms with Crippen molar-refractivity contribution in [3.8, 4) is 0 Å². The van der Waals surface area contributed by atoms with Gasteiger partial charge in [0.2, 0.25) is 0 Å². The molecule has 0 radical (unpaired) electrons. The van der Waals surface area contributed by atoms with Gasteiger partial charge in [-0.25, -0.2) is 4.39 Å². The van der Waals surface area contributed by atoms with Crippen molar-refractivity contribution < 1.29 is 4.39 Å². The number of nitrogens with zero attached hydrogens (tertiary/aromatic N) is 2. The normalized spacial score (nSPS) is 10.1. The van der Waals surface area contributed by atoms with Crippen molar-refractivity contribution in [3.05, 3.63) is 18.0 Å². The van der Waals surface area contributed by atoms with E-state index in [9.17, 15) is 4.39 Å². The fourth-order valence-corrected chi connectivity index (χ4v) is 1.43. The maximum atomic E-state index is 12.0. The summed E-state index contributed by atoms with van der Waals surface area (Å²) in [5, 5.41) is 7.55. The summed E-state index contributed by atoms with van der Waals surface area (Å²) in [6, 6.07) is 1.93. The summed E-state index contributed by atoms with van der Waals surface area (Å²) < 4.78 is 13.6. The van der Waals surface area contributed by atoms with Gasteiger partial charge in [-0.2, -0.15) is 5.10 Å². The van der Waals surface area contributed by atoms with Crippen molar-refractivity contribution in [2.75, 3.05) is 13.2 Å². The second-order valence-corrected chi connectivity index (χ2v) is 3.64. The van der Waals surface area contributed by atoms with E-state index in [1.165, 1.54) is 19.3 Å². The maximum absolute atomic E-state index is 12.0. The zero-order chi connectivity index (χ0) is 10.9. The number of hydrogen-bond donors (Lipinski definition) is 1. The molecule has 0 amide bonds. The Morgan fingerprint density at radius 2 is 2.25 bits per heavy atom. The third-order valence-corrected chi connectivity index (χ3v) is 2.27. The predicted octanol–water partition coefficient (Wildman–Crippen LogP) is 2.55. The topological polar surface area (TPSA) is 29.9 Å². The zero-order valence-electron chi connectivity index (χ0n) is 9.79. The molecule has 5 heteroatoms. The van der Waals surface area contributed by atoms with Crippen LogP contribution in [0.15, 0.2) is 12.3 Å². The monoisotopic (exact) mass is 249 g/mol. The van der Waals surface area contributed by atoms with Gasteiger partial charge in [0.05, 0.1) is 12.2 Å². The van der Waals surface area contributed by atoms with E-state index in [1.807, 2.05) is 12.3 Å². The van der Waals surface area contributed by atoms with Crippen LogP contribution < -0.4 is 5.32 Å².